The number of fused-ring (bicyclic) bond motifs is 2. The zero-order valence-electron chi connectivity index (χ0n) is 15.8. The van der Waals surface area contributed by atoms with Crippen LogP contribution in [-0.4, -0.2) is 36.3 Å². The fourth-order valence-electron chi connectivity index (χ4n) is 3.37. The monoisotopic (exact) mass is 405 g/mol. The molecule has 146 valence electrons. The minimum absolute atomic E-state index is 0.0991. The highest BCUT2D eigenvalue weighted by Crippen LogP contribution is 2.37. The van der Waals surface area contributed by atoms with Crippen LogP contribution in [-0.2, 0) is 0 Å². The Bertz CT molecular complexity index is 1140. The molecule has 1 unspecified atom stereocenters. The molecule has 0 saturated carbocycles. The first kappa shape index (κ1) is 17.8. The summed E-state index contributed by atoms with van der Waals surface area (Å²) in [6, 6.07) is 15.7. The van der Waals surface area contributed by atoms with Gasteiger partial charge >= 0.3 is 0 Å². The normalized spacial score (nSPS) is 15.3. The van der Waals surface area contributed by atoms with Crippen LogP contribution in [0.4, 0.5) is 5.82 Å². The molecular weight excluding hydrogens is 386 g/mol. The maximum Gasteiger partial charge on any atom is 0.161 e. The average molecular weight is 405 g/mol. The van der Waals surface area contributed by atoms with Gasteiger partial charge in [-0.1, -0.05) is 24.3 Å². The fraction of sp³-hybridized carbons (Fsp3) is 0.182. The lowest BCUT2D eigenvalue weighted by molar-refractivity contribution is 0.0997. The van der Waals surface area contributed by atoms with Crippen molar-refractivity contribution in [2.45, 2.75) is 6.10 Å². The highest BCUT2D eigenvalue weighted by molar-refractivity contribution is 7.17. The third kappa shape index (κ3) is 3.45. The number of anilines is 1. The van der Waals surface area contributed by atoms with Crippen LogP contribution in [0.1, 0.15) is 0 Å². The molecule has 6 nitrogen and oxygen atoms in total. The van der Waals surface area contributed by atoms with Crippen LogP contribution in [0.15, 0.2) is 60.2 Å². The SMILES string of the molecule is COc1ccc(-c2csc3ncnc(NCC4COc5ccccc5O4)c23)cc1. The van der Waals surface area contributed by atoms with Gasteiger partial charge in [-0.15, -0.1) is 11.3 Å². The molecule has 2 aromatic carbocycles. The van der Waals surface area contributed by atoms with E-state index < -0.39 is 0 Å². The van der Waals surface area contributed by atoms with E-state index in [-0.39, 0.29) is 6.10 Å². The third-order valence-corrected chi connectivity index (χ3v) is 5.72. The van der Waals surface area contributed by atoms with Crippen molar-refractivity contribution in [1.82, 2.24) is 9.97 Å². The van der Waals surface area contributed by atoms with Gasteiger partial charge in [0.05, 0.1) is 19.0 Å². The lowest BCUT2D eigenvalue weighted by atomic mass is 10.1. The van der Waals surface area contributed by atoms with Gasteiger partial charge in [0.25, 0.3) is 0 Å². The van der Waals surface area contributed by atoms with Gasteiger partial charge in [0.2, 0.25) is 0 Å². The smallest absolute Gasteiger partial charge is 0.161 e. The van der Waals surface area contributed by atoms with E-state index in [9.17, 15) is 0 Å². The van der Waals surface area contributed by atoms with E-state index in [1.165, 1.54) is 0 Å². The minimum Gasteiger partial charge on any atom is -0.497 e. The lowest BCUT2D eigenvalue weighted by Gasteiger charge is -2.26. The number of aromatic nitrogens is 2. The van der Waals surface area contributed by atoms with Crippen molar-refractivity contribution in [1.29, 1.82) is 0 Å². The quantitative estimate of drug-likeness (QED) is 0.523. The van der Waals surface area contributed by atoms with Crippen molar-refractivity contribution < 1.29 is 14.2 Å². The summed E-state index contributed by atoms with van der Waals surface area (Å²) < 4.78 is 17.1. The van der Waals surface area contributed by atoms with Crippen LogP contribution >= 0.6 is 11.3 Å². The van der Waals surface area contributed by atoms with Gasteiger partial charge in [-0.05, 0) is 29.8 Å². The van der Waals surface area contributed by atoms with E-state index in [0.717, 1.165) is 44.4 Å². The first-order valence-corrected chi connectivity index (χ1v) is 10.2. The van der Waals surface area contributed by atoms with Gasteiger partial charge in [-0.25, -0.2) is 9.97 Å². The van der Waals surface area contributed by atoms with E-state index in [0.29, 0.717) is 13.2 Å². The Labute approximate surface area is 172 Å². The lowest BCUT2D eigenvalue weighted by Crippen LogP contribution is -2.35. The second-order valence-corrected chi connectivity index (χ2v) is 7.52. The molecule has 0 spiro atoms. The Balaban J connectivity index is 1.40. The highest BCUT2D eigenvalue weighted by Gasteiger charge is 2.21. The zero-order chi connectivity index (χ0) is 19.6. The minimum atomic E-state index is -0.0991. The van der Waals surface area contributed by atoms with Crippen molar-refractivity contribution >= 4 is 27.4 Å². The molecule has 1 aliphatic rings. The number of nitrogens with zero attached hydrogens (tertiary/aromatic N) is 2. The van der Waals surface area contributed by atoms with Gasteiger partial charge in [0.1, 0.15) is 35.4 Å². The van der Waals surface area contributed by atoms with Crippen molar-refractivity contribution in [3.63, 3.8) is 0 Å². The molecule has 0 aliphatic carbocycles. The zero-order valence-corrected chi connectivity index (χ0v) is 16.6. The number of para-hydroxylation sites is 2. The molecule has 0 radical (unpaired) electrons. The number of ether oxygens (including phenoxy) is 3. The maximum absolute atomic E-state index is 6.05. The fourth-order valence-corrected chi connectivity index (χ4v) is 4.28. The molecule has 0 amide bonds. The number of hydrogen-bond acceptors (Lipinski definition) is 7. The number of hydrogen-bond donors (Lipinski definition) is 1. The Morgan fingerprint density at radius 2 is 1.93 bits per heavy atom. The summed E-state index contributed by atoms with van der Waals surface area (Å²) in [5.74, 6) is 3.18. The van der Waals surface area contributed by atoms with Crippen LogP contribution in [0.25, 0.3) is 21.3 Å². The summed E-state index contributed by atoms with van der Waals surface area (Å²) in [6.45, 7) is 1.07. The number of methoxy groups -OCH3 is 1. The summed E-state index contributed by atoms with van der Waals surface area (Å²) >= 11 is 1.61. The molecule has 3 heterocycles. The second-order valence-electron chi connectivity index (χ2n) is 6.66. The number of nitrogens with one attached hydrogen (secondary N) is 1. The number of thiophene rings is 1. The molecule has 0 fully saturated rings. The van der Waals surface area contributed by atoms with E-state index in [1.54, 1.807) is 24.8 Å². The van der Waals surface area contributed by atoms with Crippen molar-refractivity contribution in [3.05, 3.63) is 60.2 Å². The van der Waals surface area contributed by atoms with E-state index in [1.807, 2.05) is 48.5 Å². The molecule has 0 bridgehead atoms. The maximum atomic E-state index is 6.05. The first-order chi connectivity index (χ1) is 14.3. The molecule has 1 aliphatic heterocycles. The van der Waals surface area contributed by atoms with Gasteiger partial charge in [0.15, 0.2) is 11.5 Å². The van der Waals surface area contributed by atoms with Crippen LogP contribution in [0.2, 0.25) is 0 Å². The number of benzene rings is 2. The predicted molar refractivity (Wildman–Crippen MR) is 114 cm³/mol. The Morgan fingerprint density at radius 3 is 2.76 bits per heavy atom. The standard InChI is InChI=1S/C22H19N3O3S/c1-26-15-8-6-14(7-9-15)17-12-29-22-20(17)21(24-13-25-22)23-10-16-11-27-18-4-2-3-5-19(18)28-16/h2-9,12-13,16H,10-11H2,1H3,(H,23,24,25). The van der Waals surface area contributed by atoms with Crippen molar-refractivity contribution in [2.75, 3.05) is 25.6 Å². The van der Waals surface area contributed by atoms with Crippen LogP contribution < -0.4 is 19.5 Å². The molecule has 29 heavy (non-hydrogen) atoms. The van der Waals surface area contributed by atoms with Gasteiger partial charge < -0.3 is 19.5 Å². The van der Waals surface area contributed by atoms with E-state index in [2.05, 4.69) is 20.7 Å². The largest absolute Gasteiger partial charge is 0.497 e. The molecule has 2 aromatic heterocycles. The predicted octanol–water partition coefficient (Wildman–Crippen LogP) is 4.62. The second kappa shape index (κ2) is 7.60. The van der Waals surface area contributed by atoms with Crippen LogP contribution in [0, 0.1) is 0 Å². The molecule has 0 saturated heterocycles. The molecule has 4 aromatic rings. The topological polar surface area (TPSA) is 65.5 Å². The Hall–Kier alpha value is -3.32. The third-order valence-electron chi connectivity index (χ3n) is 4.84. The van der Waals surface area contributed by atoms with Gasteiger partial charge in [-0.2, -0.15) is 0 Å². The van der Waals surface area contributed by atoms with Gasteiger partial charge in [0, 0.05) is 10.9 Å². The summed E-state index contributed by atoms with van der Waals surface area (Å²) in [6.07, 6.45) is 1.49. The summed E-state index contributed by atoms with van der Waals surface area (Å²) in [5, 5.41) is 6.56. The highest BCUT2D eigenvalue weighted by atomic mass is 32.1. The van der Waals surface area contributed by atoms with Crippen LogP contribution in [0.5, 0.6) is 17.2 Å². The van der Waals surface area contributed by atoms with E-state index in [4.69, 9.17) is 14.2 Å². The summed E-state index contributed by atoms with van der Waals surface area (Å²) in [5.41, 5.74) is 2.20. The summed E-state index contributed by atoms with van der Waals surface area (Å²) in [4.78, 5) is 9.87. The van der Waals surface area contributed by atoms with Gasteiger partial charge in [-0.3, -0.25) is 0 Å². The van der Waals surface area contributed by atoms with E-state index >= 15 is 0 Å². The van der Waals surface area contributed by atoms with Crippen molar-refractivity contribution in [3.8, 4) is 28.4 Å². The van der Waals surface area contributed by atoms with Crippen molar-refractivity contribution in [2.24, 2.45) is 0 Å². The Morgan fingerprint density at radius 1 is 1.10 bits per heavy atom. The number of rotatable bonds is 5. The Kier molecular flexibility index (Phi) is 4.65. The van der Waals surface area contributed by atoms with Crippen LogP contribution in [0.3, 0.4) is 0 Å². The first-order valence-electron chi connectivity index (χ1n) is 9.31. The molecular formula is C22H19N3O3S. The molecule has 1 N–H and O–H groups in total. The molecule has 7 heteroatoms. The molecule has 1 atom stereocenters. The summed E-state index contributed by atoms with van der Waals surface area (Å²) in [7, 11) is 1.67. The average Bonchev–Trinajstić information content (AvgIpc) is 3.22. The molecule has 5 rings (SSSR count).